The number of carbonyl (C=O) groups is 2. The molecular weight excluding hydrogens is 264 g/mol. The number of hydrogen-bond acceptors (Lipinski definition) is 6. The van der Waals surface area contributed by atoms with Crippen LogP contribution in [-0.2, 0) is 28.5 Å². The first-order valence-corrected chi connectivity index (χ1v) is 6.56. The minimum atomic E-state index is -0.574. The van der Waals surface area contributed by atoms with Crippen LogP contribution in [0.3, 0.4) is 0 Å². The lowest BCUT2D eigenvalue weighted by Gasteiger charge is -2.08. The summed E-state index contributed by atoms with van der Waals surface area (Å²) in [6.45, 7) is 4.25. The Kier molecular flexibility index (Phi) is 10.6. The van der Waals surface area contributed by atoms with E-state index in [0.717, 1.165) is 12.2 Å². The highest BCUT2D eigenvalue weighted by Crippen LogP contribution is 1.97. The Labute approximate surface area is 120 Å². The molecule has 0 saturated carbocycles. The molecule has 0 aromatic rings. The quantitative estimate of drug-likeness (QED) is 0.448. The summed E-state index contributed by atoms with van der Waals surface area (Å²) in [5.74, 6) is -1.15. The first kappa shape index (κ1) is 18.6. The third kappa shape index (κ3) is 10.5. The highest BCUT2D eigenvalue weighted by atomic mass is 16.5. The second kappa shape index (κ2) is 11.4. The van der Waals surface area contributed by atoms with E-state index in [2.05, 4.69) is 0 Å². The van der Waals surface area contributed by atoms with Crippen LogP contribution < -0.4 is 0 Å². The van der Waals surface area contributed by atoms with Crippen molar-refractivity contribution >= 4 is 11.9 Å². The van der Waals surface area contributed by atoms with Crippen LogP contribution in [0.25, 0.3) is 0 Å². The Morgan fingerprint density at radius 1 is 0.850 bits per heavy atom. The molecule has 0 bridgehead atoms. The third-order valence-corrected chi connectivity index (χ3v) is 2.70. The molecule has 0 aliphatic rings. The van der Waals surface area contributed by atoms with Crippen molar-refractivity contribution in [2.75, 3.05) is 27.4 Å². The molecule has 0 radical (unpaired) electrons. The van der Waals surface area contributed by atoms with E-state index < -0.39 is 11.9 Å². The van der Waals surface area contributed by atoms with Crippen LogP contribution in [0.2, 0.25) is 0 Å². The molecule has 0 aromatic heterocycles. The second-order valence-corrected chi connectivity index (χ2v) is 4.34. The summed E-state index contributed by atoms with van der Waals surface area (Å²) in [5, 5.41) is 0. The van der Waals surface area contributed by atoms with Crippen molar-refractivity contribution in [1.82, 2.24) is 0 Å². The summed E-state index contributed by atoms with van der Waals surface area (Å²) >= 11 is 0. The van der Waals surface area contributed by atoms with Crippen LogP contribution in [0.5, 0.6) is 0 Å². The van der Waals surface area contributed by atoms with Gasteiger partial charge in [-0.25, -0.2) is 9.59 Å². The number of hydrogen-bond donors (Lipinski definition) is 0. The predicted octanol–water partition coefficient (Wildman–Crippen LogP) is 1.48. The molecular formula is C14H24O6. The Balaban J connectivity index is 3.75. The lowest BCUT2D eigenvalue weighted by atomic mass is 10.3. The Bertz CT molecular complexity index is 283. The average Bonchev–Trinajstić information content (AvgIpc) is 2.44. The molecule has 0 N–H and O–H groups in total. The molecule has 0 rings (SSSR count). The van der Waals surface area contributed by atoms with Crippen molar-refractivity contribution in [2.45, 2.75) is 38.9 Å². The highest BCUT2D eigenvalue weighted by Gasteiger charge is 2.05. The molecule has 116 valence electrons. The van der Waals surface area contributed by atoms with Crippen molar-refractivity contribution in [1.29, 1.82) is 0 Å². The van der Waals surface area contributed by atoms with E-state index in [1.54, 1.807) is 14.2 Å². The predicted molar refractivity (Wildman–Crippen MR) is 73.2 cm³/mol. The maximum atomic E-state index is 11.3. The first-order valence-electron chi connectivity index (χ1n) is 6.56. The minimum absolute atomic E-state index is 0.0273. The third-order valence-electron chi connectivity index (χ3n) is 2.70. The topological polar surface area (TPSA) is 71.1 Å². The fourth-order valence-corrected chi connectivity index (χ4v) is 1.12. The molecule has 6 heteroatoms. The summed E-state index contributed by atoms with van der Waals surface area (Å²) in [7, 11) is 3.18. The van der Waals surface area contributed by atoms with E-state index in [0.29, 0.717) is 12.8 Å². The molecule has 0 aromatic carbocycles. The maximum Gasteiger partial charge on any atom is 0.331 e. The fraction of sp³-hybridized carbons (Fsp3) is 0.714. The van der Waals surface area contributed by atoms with E-state index in [-0.39, 0.29) is 25.4 Å². The number of ether oxygens (including phenoxy) is 4. The molecule has 0 heterocycles. The lowest BCUT2D eigenvalue weighted by molar-refractivity contribution is -0.141. The molecule has 0 fully saturated rings. The van der Waals surface area contributed by atoms with Crippen molar-refractivity contribution in [2.24, 2.45) is 0 Å². The molecule has 2 unspecified atom stereocenters. The van der Waals surface area contributed by atoms with Gasteiger partial charge in [0, 0.05) is 39.2 Å². The Morgan fingerprint density at radius 2 is 1.20 bits per heavy atom. The van der Waals surface area contributed by atoms with Crippen LogP contribution in [0.15, 0.2) is 12.2 Å². The van der Waals surface area contributed by atoms with Crippen molar-refractivity contribution < 1.29 is 28.5 Å². The Morgan fingerprint density at radius 3 is 1.50 bits per heavy atom. The van der Waals surface area contributed by atoms with Crippen LogP contribution in [-0.4, -0.2) is 51.6 Å². The van der Waals surface area contributed by atoms with Crippen LogP contribution in [0.1, 0.15) is 26.7 Å². The van der Waals surface area contributed by atoms with Gasteiger partial charge >= 0.3 is 11.9 Å². The number of rotatable bonds is 10. The van der Waals surface area contributed by atoms with Gasteiger partial charge in [0.25, 0.3) is 0 Å². The zero-order valence-corrected chi connectivity index (χ0v) is 12.6. The van der Waals surface area contributed by atoms with E-state index in [9.17, 15) is 9.59 Å². The average molecular weight is 288 g/mol. The number of carbonyl (C=O) groups excluding carboxylic acids is 2. The smallest absolute Gasteiger partial charge is 0.331 e. The molecule has 0 amide bonds. The SMILES string of the molecule is COC(C)CCOC(=O)/C=C/C(=O)OCCC(C)OC. The largest absolute Gasteiger partial charge is 0.462 e. The summed E-state index contributed by atoms with van der Waals surface area (Å²) in [4.78, 5) is 22.5. The van der Waals surface area contributed by atoms with Crippen LogP contribution >= 0.6 is 0 Å². The highest BCUT2D eigenvalue weighted by molar-refractivity contribution is 5.91. The van der Waals surface area contributed by atoms with Gasteiger partial charge in [0.05, 0.1) is 25.4 Å². The zero-order valence-electron chi connectivity index (χ0n) is 12.6. The number of esters is 2. The molecule has 20 heavy (non-hydrogen) atoms. The maximum absolute atomic E-state index is 11.3. The van der Waals surface area contributed by atoms with Gasteiger partial charge in [0.2, 0.25) is 0 Å². The second-order valence-electron chi connectivity index (χ2n) is 4.34. The fourth-order valence-electron chi connectivity index (χ4n) is 1.12. The molecule has 0 saturated heterocycles. The van der Waals surface area contributed by atoms with Crippen LogP contribution in [0, 0.1) is 0 Å². The molecule has 0 aliphatic heterocycles. The molecule has 2 atom stereocenters. The van der Waals surface area contributed by atoms with Gasteiger partial charge in [-0.2, -0.15) is 0 Å². The van der Waals surface area contributed by atoms with E-state index in [4.69, 9.17) is 18.9 Å². The van der Waals surface area contributed by atoms with Gasteiger partial charge in [0.1, 0.15) is 0 Å². The standard InChI is InChI=1S/C14H24O6/c1-11(17-3)7-9-19-13(15)5-6-14(16)20-10-8-12(2)18-4/h5-6,11-12H,7-10H2,1-4H3/b6-5+. The first-order chi connectivity index (χ1) is 9.49. The minimum Gasteiger partial charge on any atom is -0.462 e. The normalized spacial score (nSPS) is 14.0. The van der Waals surface area contributed by atoms with Gasteiger partial charge in [-0.05, 0) is 13.8 Å². The summed E-state index contributed by atoms with van der Waals surface area (Å²) in [5.41, 5.74) is 0. The van der Waals surface area contributed by atoms with Gasteiger partial charge in [-0.15, -0.1) is 0 Å². The van der Waals surface area contributed by atoms with Gasteiger partial charge in [-0.3, -0.25) is 0 Å². The van der Waals surface area contributed by atoms with E-state index in [1.807, 2.05) is 13.8 Å². The van der Waals surface area contributed by atoms with Gasteiger partial charge in [-0.1, -0.05) is 0 Å². The monoisotopic (exact) mass is 288 g/mol. The lowest BCUT2D eigenvalue weighted by Crippen LogP contribution is -2.13. The summed E-state index contributed by atoms with van der Waals surface area (Å²) in [6, 6.07) is 0. The number of methoxy groups -OCH3 is 2. The summed E-state index contributed by atoms with van der Waals surface area (Å²) in [6.07, 6.45) is 3.38. The van der Waals surface area contributed by atoms with E-state index in [1.165, 1.54) is 0 Å². The molecule has 6 nitrogen and oxygen atoms in total. The Hall–Kier alpha value is -1.40. The van der Waals surface area contributed by atoms with Gasteiger partial charge < -0.3 is 18.9 Å². The van der Waals surface area contributed by atoms with Crippen LogP contribution in [0.4, 0.5) is 0 Å². The van der Waals surface area contributed by atoms with Gasteiger partial charge in [0.15, 0.2) is 0 Å². The van der Waals surface area contributed by atoms with Crippen molar-refractivity contribution in [3.63, 3.8) is 0 Å². The summed E-state index contributed by atoms with van der Waals surface area (Å²) < 4.78 is 19.8. The van der Waals surface area contributed by atoms with E-state index >= 15 is 0 Å². The van der Waals surface area contributed by atoms with Crippen molar-refractivity contribution in [3.8, 4) is 0 Å². The molecule has 0 aliphatic carbocycles. The molecule has 0 spiro atoms. The zero-order chi connectivity index (χ0) is 15.4. The van der Waals surface area contributed by atoms with Crippen molar-refractivity contribution in [3.05, 3.63) is 12.2 Å².